The largest absolute Gasteiger partial charge is 0.456 e. The van der Waals surface area contributed by atoms with Crippen LogP contribution in [0.2, 0.25) is 5.02 Å². The number of aromatic nitrogens is 1. The van der Waals surface area contributed by atoms with Crippen LogP contribution in [0, 0.1) is 5.41 Å². The summed E-state index contributed by atoms with van der Waals surface area (Å²) in [4.78, 5) is 11.5. The molecule has 0 atom stereocenters. The molecule has 0 amide bonds. The second kappa shape index (κ2) is 10.8. The lowest BCUT2D eigenvalue weighted by molar-refractivity contribution is -0.131. The Morgan fingerprint density at radius 3 is 2.65 bits per heavy atom. The third-order valence-electron chi connectivity index (χ3n) is 5.20. The maximum absolute atomic E-state index is 12.8. The Morgan fingerprint density at radius 1 is 1.11 bits per heavy atom. The molecule has 2 aromatic heterocycles. The number of pyridine rings is 1. The second-order valence-corrected chi connectivity index (χ2v) is 9.79. The van der Waals surface area contributed by atoms with Crippen molar-refractivity contribution in [2.75, 3.05) is 10.8 Å². The number of nitrogens with zero attached hydrogens (tertiary/aromatic N) is 2. The summed E-state index contributed by atoms with van der Waals surface area (Å²) in [6.07, 6.45) is 7.00. The van der Waals surface area contributed by atoms with Gasteiger partial charge < -0.3 is 19.1 Å². The molecule has 4 rings (SSSR count). The lowest BCUT2D eigenvalue weighted by Gasteiger charge is -2.22. The van der Waals surface area contributed by atoms with Crippen molar-refractivity contribution in [2.24, 2.45) is 5.73 Å². The number of carbonyl (C=O) groups is 1. The molecule has 0 fully saturated rings. The van der Waals surface area contributed by atoms with Gasteiger partial charge in [-0.15, -0.1) is 0 Å². The van der Waals surface area contributed by atoms with E-state index in [1.807, 2.05) is 35.0 Å². The van der Waals surface area contributed by atoms with Gasteiger partial charge in [-0.1, -0.05) is 42.0 Å². The second-order valence-electron chi connectivity index (χ2n) is 7.92. The van der Waals surface area contributed by atoms with Gasteiger partial charge in [-0.25, -0.2) is 4.31 Å². The average molecular weight is 539 g/mol. The average Bonchev–Trinajstić information content (AvgIpc) is 3.30. The molecule has 37 heavy (non-hydrogen) atoms. The smallest absolute Gasteiger partial charge is 0.412 e. The fraction of sp³-hybridized carbons (Fsp3) is 0.0769. The van der Waals surface area contributed by atoms with Gasteiger partial charge in [0, 0.05) is 36.5 Å². The molecule has 2 aromatic carbocycles. The molecule has 0 unspecified atom stereocenters. The fourth-order valence-electron chi connectivity index (χ4n) is 3.54. The first-order chi connectivity index (χ1) is 17.6. The van der Waals surface area contributed by atoms with Gasteiger partial charge in [0.1, 0.15) is 17.3 Å². The lowest BCUT2D eigenvalue weighted by Crippen LogP contribution is -2.33. The van der Waals surface area contributed by atoms with Crippen molar-refractivity contribution >= 4 is 51.0 Å². The molecule has 11 heteroatoms. The number of nitrogens with one attached hydrogen (secondary N) is 1. The zero-order valence-corrected chi connectivity index (χ0v) is 21.2. The Hall–Kier alpha value is -4.28. The summed E-state index contributed by atoms with van der Waals surface area (Å²) in [5, 5.41) is 7.73. The molecule has 2 heterocycles. The van der Waals surface area contributed by atoms with Gasteiger partial charge in [-0.2, -0.15) is 8.42 Å². The number of rotatable bonds is 9. The summed E-state index contributed by atoms with van der Waals surface area (Å²) in [5.74, 6) is -0.182. The highest BCUT2D eigenvalue weighted by molar-refractivity contribution is 7.88. The quantitative estimate of drug-likeness (QED) is 0.228. The number of benzene rings is 2. The number of hydrogen-bond donors (Lipinski definition) is 2. The molecule has 0 radical (unpaired) electrons. The molecular formula is C26H23ClN4O5S. The number of anilines is 1. The Bertz CT molecular complexity index is 1610. The maximum Gasteiger partial charge on any atom is 0.412 e. The van der Waals surface area contributed by atoms with Crippen LogP contribution in [0.3, 0.4) is 0 Å². The van der Waals surface area contributed by atoms with Crippen LogP contribution in [0.4, 0.5) is 5.69 Å². The van der Waals surface area contributed by atoms with Gasteiger partial charge in [-0.3, -0.25) is 10.2 Å². The van der Waals surface area contributed by atoms with E-state index in [1.54, 1.807) is 42.5 Å². The summed E-state index contributed by atoms with van der Waals surface area (Å²) in [6, 6.07) is 18.8. The fourth-order valence-corrected chi connectivity index (χ4v) is 4.78. The van der Waals surface area contributed by atoms with E-state index in [1.165, 1.54) is 18.2 Å². The van der Waals surface area contributed by atoms with Gasteiger partial charge in [0.2, 0.25) is 0 Å². The number of ether oxygens (including phenoxy) is 1. The van der Waals surface area contributed by atoms with E-state index >= 15 is 0 Å². The van der Waals surface area contributed by atoms with Crippen molar-refractivity contribution in [1.82, 2.24) is 4.40 Å². The van der Waals surface area contributed by atoms with Crippen molar-refractivity contribution in [1.29, 1.82) is 5.41 Å². The van der Waals surface area contributed by atoms with Crippen molar-refractivity contribution in [3.05, 3.63) is 101 Å². The van der Waals surface area contributed by atoms with Gasteiger partial charge in [-0.05, 0) is 48.0 Å². The van der Waals surface area contributed by atoms with E-state index in [4.69, 9.17) is 27.5 Å². The van der Waals surface area contributed by atoms with Crippen LogP contribution in [0.1, 0.15) is 18.1 Å². The van der Waals surface area contributed by atoms with E-state index in [0.29, 0.717) is 22.6 Å². The standard InChI is InChI=1S/C26H23ClN4O5S/c1-18(32)36-37(33,34)31(13-3-6-19-5-2-7-20(15-19)26(28)29)22-9-10-25(24(27)17-22)35-23-11-14-30-12-4-8-21(30)16-23/h2-12,14-17H,13H2,1H3,(H3,28,29)/b6-3+. The number of nitrogen functional groups attached to an aromatic ring is 1. The highest BCUT2D eigenvalue weighted by Crippen LogP contribution is 2.34. The van der Waals surface area contributed by atoms with E-state index in [2.05, 4.69) is 4.18 Å². The summed E-state index contributed by atoms with van der Waals surface area (Å²) in [6.45, 7) is 0.839. The maximum atomic E-state index is 12.8. The number of fused-ring (bicyclic) bond motifs is 1. The van der Waals surface area contributed by atoms with Crippen LogP contribution in [0.15, 0.2) is 85.2 Å². The predicted molar refractivity (Wildman–Crippen MR) is 143 cm³/mol. The first-order valence-electron chi connectivity index (χ1n) is 11.0. The van der Waals surface area contributed by atoms with E-state index in [9.17, 15) is 13.2 Å². The first-order valence-corrected chi connectivity index (χ1v) is 12.7. The van der Waals surface area contributed by atoms with E-state index in [-0.39, 0.29) is 23.1 Å². The Labute approximate surface area is 219 Å². The number of amidine groups is 1. The molecule has 0 aliphatic carbocycles. The highest BCUT2D eigenvalue weighted by Gasteiger charge is 2.26. The Balaban J connectivity index is 1.60. The molecule has 0 aliphatic rings. The van der Waals surface area contributed by atoms with E-state index < -0.39 is 16.3 Å². The highest BCUT2D eigenvalue weighted by atomic mass is 35.5. The molecule has 9 nitrogen and oxygen atoms in total. The monoisotopic (exact) mass is 538 g/mol. The number of halogens is 1. The summed E-state index contributed by atoms with van der Waals surface area (Å²) < 4.78 is 39.0. The van der Waals surface area contributed by atoms with Crippen LogP contribution in [0.25, 0.3) is 11.6 Å². The third-order valence-corrected chi connectivity index (χ3v) is 6.84. The zero-order chi connectivity index (χ0) is 26.6. The summed E-state index contributed by atoms with van der Waals surface area (Å²) in [7, 11) is -4.48. The molecule has 0 saturated carbocycles. The summed E-state index contributed by atoms with van der Waals surface area (Å²) in [5.41, 5.74) is 7.88. The Morgan fingerprint density at radius 2 is 1.92 bits per heavy atom. The molecule has 3 N–H and O–H groups in total. The third kappa shape index (κ3) is 6.29. The molecule has 0 spiro atoms. The minimum atomic E-state index is -4.48. The van der Waals surface area contributed by atoms with Crippen molar-refractivity contribution in [3.63, 3.8) is 0 Å². The molecule has 4 aromatic rings. The van der Waals surface area contributed by atoms with Gasteiger partial charge >= 0.3 is 16.3 Å². The number of hydrogen-bond acceptors (Lipinski definition) is 6. The van der Waals surface area contributed by atoms with E-state index in [0.717, 1.165) is 16.7 Å². The van der Waals surface area contributed by atoms with Gasteiger partial charge in [0.25, 0.3) is 0 Å². The van der Waals surface area contributed by atoms with Crippen LogP contribution in [0.5, 0.6) is 11.5 Å². The van der Waals surface area contributed by atoms with Crippen LogP contribution < -0.4 is 14.8 Å². The Kier molecular flexibility index (Phi) is 7.51. The molecular weight excluding hydrogens is 516 g/mol. The zero-order valence-electron chi connectivity index (χ0n) is 19.7. The number of nitrogens with two attached hydrogens (primary N) is 1. The van der Waals surface area contributed by atoms with Gasteiger partial charge in [0.15, 0.2) is 0 Å². The van der Waals surface area contributed by atoms with Crippen LogP contribution in [-0.2, 0) is 19.3 Å². The summed E-state index contributed by atoms with van der Waals surface area (Å²) >= 11 is 6.44. The van der Waals surface area contributed by atoms with Crippen molar-refractivity contribution < 1.29 is 22.1 Å². The minimum absolute atomic E-state index is 0.0836. The molecule has 190 valence electrons. The van der Waals surface area contributed by atoms with Crippen LogP contribution >= 0.6 is 11.6 Å². The first kappa shape index (κ1) is 25.8. The number of carbonyl (C=O) groups excluding carboxylic acids is 1. The predicted octanol–water partition coefficient (Wildman–Crippen LogP) is 5.00. The van der Waals surface area contributed by atoms with Crippen LogP contribution in [-0.4, -0.2) is 31.2 Å². The van der Waals surface area contributed by atoms with Gasteiger partial charge in [0.05, 0.1) is 17.3 Å². The molecule has 0 bridgehead atoms. The topological polar surface area (TPSA) is 127 Å². The lowest BCUT2D eigenvalue weighted by atomic mass is 10.1. The normalized spacial score (nSPS) is 11.5. The molecule has 0 saturated heterocycles. The SMILES string of the molecule is CC(=O)OS(=O)(=O)N(C/C=C/c1cccc(C(=N)N)c1)c1ccc(Oc2ccn3cccc3c2)c(Cl)c1. The molecule has 0 aliphatic heterocycles. The minimum Gasteiger partial charge on any atom is -0.456 e. The van der Waals surface area contributed by atoms with Crippen molar-refractivity contribution in [3.8, 4) is 11.5 Å². The van der Waals surface area contributed by atoms with Crippen molar-refractivity contribution in [2.45, 2.75) is 6.92 Å².